The predicted molar refractivity (Wildman–Crippen MR) is 315 cm³/mol. The number of nitro groups is 1. The van der Waals surface area contributed by atoms with E-state index in [-0.39, 0.29) is 40.5 Å². The van der Waals surface area contributed by atoms with E-state index in [1.165, 1.54) is 18.2 Å². The smallest absolute Gasteiger partial charge is 0.313 e. The maximum absolute atomic E-state index is 13.4. The van der Waals surface area contributed by atoms with Gasteiger partial charge in [-0.15, -0.1) is 0 Å². The fraction of sp³-hybridized carbons (Fsp3) is 0.258. The molecule has 0 atom stereocenters. The normalized spacial score (nSPS) is 11.3. The van der Waals surface area contributed by atoms with E-state index in [2.05, 4.69) is 20.7 Å². The molecule has 0 spiro atoms. The van der Waals surface area contributed by atoms with Crippen molar-refractivity contribution in [3.63, 3.8) is 0 Å². The van der Waals surface area contributed by atoms with Gasteiger partial charge in [-0.3, -0.25) is 33.6 Å². The lowest BCUT2D eigenvalue weighted by Crippen LogP contribution is -2.14. The van der Waals surface area contributed by atoms with Gasteiger partial charge >= 0.3 is 17.6 Å². The molecule has 0 aliphatic heterocycles. The Morgan fingerprint density at radius 2 is 1.00 bits per heavy atom. The summed E-state index contributed by atoms with van der Waals surface area (Å²) in [6, 6.07) is 52.4. The number of esters is 2. The van der Waals surface area contributed by atoms with Gasteiger partial charge in [0.15, 0.2) is 5.75 Å². The van der Waals surface area contributed by atoms with Crippen LogP contribution in [-0.4, -0.2) is 69.8 Å². The fourth-order valence-electron chi connectivity index (χ4n) is 8.82. The van der Waals surface area contributed by atoms with E-state index in [4.69, 9.17) is 28.9 Å². The van der Waals surface area contributed by atoms with Crippen molar-refractivity contribution in [2.24, 2.45) is 0 Å². The zero-order valence-corrected chi connectivity index (χ0v) is 47.4. The number of anilines is 1. The first-order valence-electron chi connectivity index (χ1n) is 26.6. The van der Waals surface area contributed by atoms with Gasteiger partial charge in [0.1, 0.15) is 17.4 Å². The number of benzene rings is 7. The molecule has 80 heavy (non-hydrogen) atoms. The summed E-state index contributed by atoms with van der Waals surface area (Å²) in [5.74, 6) is 1.57. The number of nitrogens with zero attached hydrogens (tertiary/aromatic N) is 5. The number of hydrogen-bond acceptors (Lipinski definition) is 12. The lowest BCUT2D eigenvalue weighted by atomic mass is 10.2. The van der Waals surface area contributed by atoms with Crippen LogP contribution < -0.4 is 14.2 Å². The van der Waals surface area contributed by atoms with Crippen LogP contribution in [0.4, 0.5) is 11.4 Å². The van der Waals surface area contributed by atoms with Crippen molar-refractivity contribution in [1.82, 2.24) is 19.1 Å². The first-order chi connectivity index (χ1) is 38.6. The Hall–Kier alpha value is -8.35. The summed E-state index contributed by atoms with van der Waals surface area (Å²) in [5.41, 5.74) is 6.41. The number of sulfonamides is 1. The van der Waals surface area contributed by atoms with Gasteiger partial charge in [0.2, 0.25) is 0 Å². The zero-order valence-electron chi connectivity index (χ0n) is 45.0. The molecule has 16 nitrogen and oxygen atoms in total. The number of halogens is 1. The Bertz CT molecular complexity index is 3640. The summed E-state index contributed by atoms with van der Waals surface area (Å²) >= 11 is 3.36. The quantitative estimate of drug-likeness (QED) is 0.0260. The molecule has 0 aliphatic carbocycles. The van der Waals surface area contributed by atoms with Crippen molar-refractivity contribution in [2.75, 3.05) is 17.9 Å². The number of unbranched alkanes of at least 4 members (excludes halogenated alkanes) is 4. The number of rotatable bonds is 24. The Morgan fingerprint density at radius 1 is 0.575 bits per heavy atom. The summed E-state index contributed by atoms with van der Waals surface area (Å²) in [7, 11) is -3.92. The molecule has 0 amide bonds. The van der Waals surface area contributed by atoms with Gasteiger partial charge in [0.25, 0.3) is 10.0 Å². The number of imidazole rings is 2. The van der Waals surface area contributed by atoms with Crippen LogP contribution >= 0.6 is 15.9 Å². The van der Waals surface area contributed by atoms with Crippen LogP contribution in [0.3, 0.4) is 0 Å². The van der Waals surface area contributed by atoms with Crippen LogP contribution in [0.5, 0.6) is 11.5 Å². The average Bonchev–Trinajstić information content (AvgIpc) is 4.12. The van der Waals surface area contributed by atoms with Gasteiger partial charge in [-0.1, -0.05) is 113 Å². The number of aromatic nitrogens is 4. The molecule has 0 bridgehead atoms. The van der Waals surface area contributed by atoms with E-state index >= 15 is 0 Å². The van der Waals surface area contributed by atoms with Crippen molar-refractivity contribution in [1.29, 1.82) is 0 Å². The second kappa shape index (κ2) is 27.5. The molecule has 9 aromatic rings. The number of para-hydroxylation sites is 2. The van der Waals surface area contributed by atoms with Gasteiger partial charge in [-0.25, -0.2) is 18.4 Å². The topological polar surface area (TPSA) is 196 Å². The number of nitrogens with one attached hydrogen (secondary N) is 1. The summed E-state index contributed by atoms with van der Waals surface area (Å²) in [6.07, 6.45) is 4.66. The summed E-state index contributed by atoms with van der Waals surface area (Å²) < 4.78 is 56.8. The molecule has 2 heterocycles. The number of ether oxygens (including phenoxy) is 4. The first-order valence-corrected chi connectivity index (χ1v) is 28.8. The maximum atomic E-state index is 13.4. The third-order valence-corrected chi connectivity index (χ3v) is 14.4. The molecule has 0 saturated carbocycles. The molecule has 1 N–H and O–H groups in total. The predicted octanol–water partition coefficient (Wildman–Crippen LogP) is 14.6. The highest BCUT2D eigenvalue weighted by atomic mass is 79.9. The third kappa shape index (κ3) is 15.3. The van der Waals surface area contributed by atoms with E-state index < -0.39 is 14.9 Å². The van der Waals surface area contributed by atoms with E-state index in [0.29, 0.717) is 80.0 Å². The highest BCUT2D eigenvalue weighted by molar-refractivity contribution is 9.10. The van der Waals surface area contributed by atoms with Gasteiger partial charge in [-0.2, -0.15) is 0 Å². The number of carbonyl (C=O) groups is 2. The van der Waals surface area contributed by atoms with Crippen molar-refractivity contribution in [3.05, 3.63) is 184 Å². The monoisotopic (exact) mass is 1160 g/mol. The Kier molecular flexibility index (Phi) is 19.9. The molecule has 0 radical (unpaired) electrons. The molecule has 18 heteroatoms. The van der Waals surface area contributed by atoms with Crippen LogP contribution in [0.2, 0.25) is 0 Å². The molecule has 0 unspecified atom stereocenters. The van der Waals surface area contributed by atoms with Crippen LogP contribution in [0, 0.1) is 10.1 Å². The number of fused-ring (bicyclic) bond motifs is 2. The van der Waals surface area contributed by atoms with Crippen LogP contribution in [0.1, 0.15) is 79.1 Å². The van der Waals surface area contributed by atoms with E-state index in [0.717, 1.165) is 56.7 Å². The molecule has 9 rings (SSSR count). The van der Waals surface area contributed by atoms with E-state index in [1.807, 2.05) is 164 Å². The SMILES string of the molecule is CC(C)OC(=O)CCCCCOc1cc2c(cc1NS(=O)(=O)c1ccc(Br)cc1)nc(-c1ccccc1)n2-c1ccccc1.CC(C)OC(=O)CCCCCOc1cc2c(cc1[N+](=O)[O-])nc(-c1ccccc1)n2-c1ccccc1. The molecule has 0 fully saturated rings. The van der Waals surface area contributed by atoms with E-state index in [9.17, 15) is 28.1 Å². The maximum Gasteiger partial charge on any atom is 0.313 e. The minimum atomic E-state index is -3.92. The summed E-state index contributed by atoms with van der Waals surface area (Å²) in [5, 5.41) is 11.8. The summed E-state index contributed by atoms with van der Waals surface area (Å²) in [6.45, 7) is 7.94. The van der Waals surface area contributed by atoms with Gasteiger partial charge in [0, 0.05) is 58.0 Å². The first kappa shape index (κ1) is 57.8. The molecule has 7 aromatic carbocycles. The Morgan fingerprint density at radius 3 is 1.45 bits per heavy atom. The number of nitro benzene ring substituents is 1. The van der Waals surface area contributed by atoms with Gasteiger partial charge in [-0.05, 0) is 121 Å². The molecule has 2 aromatic heterocycles. The van der Waals surface area contributed by atoms with Crippen molar-refractivity contribution in [3.8, 4) is 45.6 Å². The molecule has 0 saturated heterocycles. The zero-order chi connectivity index (χ0) is 56.6. The lowest BCUT2D eigenvalue weighted by molar-refractivity contribution is -0.385. The average molecular weight is 1160 g/mol. The second-order valence-corrected chi connectivity index (χ2v) is 21.9. The highest BCUT2D eigenvalue weighted by Crippen LogP contribution is 2.39. The van der Waals surface area contributed by atoms with Crippen LogP contribution in [-0.2, 0) is 29.1 Å². The molecular weight excluding hydrogens is 1100 g/mol. The summed E-state index contributed by atoms with van der Waals surface area (Å²) in [4.78, 5) is 44.8. The van der Waals surface area contributed by atoms with Crippen molar-refractivity contribution >= 4 is 71.3 Å². The van der Waals surface area contributed by atoms with Crippen molar-refractivity contribution < 1.29 is 41.9 Å². The van der Waals surface area contributed by atoms with Gasteiger partial charge in [0.05, 0.1) is 63.0 Å². The Labute approximate surface area is 474 Å². The van der Waals surface area contributed by atoms with Crippen LogP contribution in [0.15, 0.2) is 179 Å². The number of carbonyl (C=O) groups excluding carboxylic acids is 2. The van der Waals surface area contributed by atoms with Crippen LogP contribution in [0.25, 0.3) is 56.2 Å². The largest absolute Gasteiger partial charge is 0.491 e. The standard InChI is InChI=1S/C34H34BrN3O5S.C28H29N3O5/c1-24(2)43-33(39)16-10-5-11-21-42-32-23-31-29(22-30(32)37-44(40,41)28-19-17-26(35)18-20-28)36-34(25-12-6-3-7-13-25)38(31)27-14-8-4-9-15-27;1-20(2)36-27(32)16-10-5-11-17-35-26-19-24-23(18-25(26)31(33)34)29-28(21-12-6-3-7-13-21)30(24)22-14-8-4-9-15-22/h3-4,6-9,12-15,17-20,22-24,37H,5,10-11,16,21H2,1-2H3;3-4,6-9,12-15,18-20H,5,10-11,16-17H2,1-2H3. The van der Waals surface area contributed by atoms with E-state index in [1.54, 1.807) is 24.3 Å². The second-order valence-electron chi connectivity index (χ2n) is 19.3. The minimum Gasteiger partial charge on any atom is -0.491 e. The number of hydrogen-bond donors (Lipinski definition) is 1. The molecular formula is C62H63BrN6O10S. The molecule has 414 valence electrons. The lowest BCUT2D eigenvalue weighted by Gasteiger charge is -2.15. The third-order valence-electron chi connectivity index (χ3n) is 12.4. The van der Waals surface area contributed by atoms with Gasteiger partial charge < -0.3 is 18.9 Å². The Balaban J connectivity index is 0.000000215. The highest BCUT2D eigenvalue weighted by Gasteiger charge is 2.24. The van der Waals surface area contributed by atoms with Crippen molar-refractivity contribution in [2.45, 2.75) is 96.2 Å². The molecule has 0 aliphatic rings. The minimum absolute atomic E-state index is 0.122. The fourth-order valence-corrected chi connectivity index (χ4v) is 10.1.